The van der Waals surface area contributed by atoms with E-state index in [0.717, 1.165) is 0 Å². The monoisotopic (exact) mass is 212 g/mol. The second-order valence-electron chi connectivity index (χ2n) is 2.46. The summed E-state index contributed by atoms with van der Waals surface area (Å²) in [7, 11) is -2.03. The second kappa shape index (κ2) is 6.28. The van der Waals surface area contributed by atoms with Crippen LogP contribution in [0.1, 0.15) is 6.92 Å². The Labute approximate surface area is 78.5 Å². The molecule has 1 unspecified atom stereocenters. The van der Waals surface area contributed by atoms with Gasteiger partial charge in [-0.1, -0.05) is 6.92 Å². The molecule has 0 aliphatic carbocycles. The molecule has 0 aromatic heterocycles. The Kier molecular flexibility index (Phi) is 6.17. The van der Waals surface area contributed by atoms with Gasteiger partial charge in [0.2, 0.25) is 0 Å². The maximum atomic E-state index is 11.0. The zero-order valence-electron chi connectivity index (χ0n) is 7.78. The SMILES string of the molecule is CCNS(=O)(=O)NCC(O)COC. The van der Waals surface area contributed by atoms with Crippen LogP contribution in [-0.2, 0) is 14.9 Å². The Hall–Kier alpha value is -0.210. The summed E-state index contributed by atoms with van der Waals surface area (Å²) in [4.78, 5) is 0. The molecule has 6 nitrogen and oxygen atoms in total. The van der Waals surface area contributed by atoms with Gasteiger partial charge in [0.05, 0.1) is 12.7 Å². The maximum absolute atomic E-state index is 11.0. The third-order valence-electron chi connectivity index (χ3n) is 1.20. The van der Waals surface area contributed by atoms with Crippen LogP contribution in [0.5, 0.6) is 0 Å². The molecule has 80 valence electrons. The molecule has 0 rings (SSSR count). The van der Waals surface area contributed by atoms with E-state index >= 15 is 0 Å². The van der Waals surface area contributed by atoms with Crippen molar-refractivity contribution in [2.45, 2.75) is 13.0 Å². The van der Waals surface area contributed by atoms with E-state index < -0.39 is 16.3 Å². The summed E-state index contributed by atoms with van der Waals surface area (Å²) in [5.41, 5.74) is 0. The first kappa shape index (κ1) is 12.8. The van der Waals surface area contributed by atoms with Crippen LogP contribution in [-0.4, -0.2) is 46.4 Å². The highest BCUT2D eigenvalue weighted by molar-refractivity contribution is 7.87. The molecule has 13 heavy (non-hydrogen) atoms. The van der Waals surface area contributed by atoms with Crippen LogP contribution in [0.25, 0.3) is 0 Å². The van der Waals surface area contributed by atoms with Crippen LogP contribution >= 0.6 is 0 Å². The molecule has 0 fully saturated rings. The highest BCUT2D eigenvalue weighted by Gasteiger charge is 2.10. The number of aliphatic hydroxyl groups is 1. The van der Waals surface area contributed by atoms with E-state index in [1.54, 1.807) is 6.92 Å². The molecule has 0 aromatic carbocycles. The van der Waals surface area contributed by atoms with Gasteiger partial charge in [-0.25, -0.2) is 4.72 Å². The molecule has 0 bridgehead atoms. The summed E-state index contributed by atoms with van der Waals surface area (Å²) in [5, 5.41) is 9.10. The molecule has 0 aromatic rings. The van der Waals surface area contributed by atoms with Gasteiger partial charge in [-0.15, -0.1) is 0 Å². The molecule has 0 radical (unpaired) electrons. The predicted octanol–water partition coefficient (Wildman–Crippen LogP) is -1.56. The first-order valence-corrected chi connectivity index (χ1v) is 5.41. The van der Waals surface area contributed by atoms with Crippen molar-refractivity contribution in [1.82, 2.24) is 9.44 Å². The molecule has 0 aliphatic heterocycles. The lowest BCUT2D eigenvalue weighted by atomic mass is 10.4. The van der Waals surface area contributed by atoms with E-state index in [9.17, 15) is 8.42 Å². The molecule has 1 atom stereocenters. The number of methoxy groups -OCH3 is 1. The van der Waals surface area contributed by atoms with Crippen LogP contribution in [0.4, 0.5) is 0 Å². The minimum absolute atomic E-state index is 0.0524. The van der Waals surface area contributed by atoms with Crippen molar-refractivity contribution in [3.8, 4) is 0 Å². The van der Waals surface area contributed by atoms with Crippen molar-refractivity contribution in [1.29, 1.82) is 0 Å². The topological polar surface area (TPSA) is 87.7 Å². The normalized spacial score (nSPS) is 14.4. The zero-order valence-corrected chi connectivity index (χ0v) is 8.60. The van der Waals surface area contributed by atoms with Crippen molar-refractivity contribution in [3.05, 3.63) is 0 Å². The largest absolute Gasteiger partial charge is 0.389 e. The fourth-order valence-electron chi connectivity index (χ4n) is 0.698. The number of nitrogens with one attached hydrogen (secondary N) is 2. The number of hydrogen-bond acceptors (Lipinski definition) is 4. The van der Waals surface area contributed by atoms with Gasteiger partial charge in [0, 0.05) is 20.2 Å². The van der Waals surface area contributed by atoms with E-state index in [2.05, 4.69) is 14.2 Å². The van der Waals surface area contributed by atoms with E-state index in [-0.39, 0.29) is 13.2 Å². The van der Waals surface area contributed by atoms with Gasteiger partial charge in [-0.2, -0.15) is 13.1 Å². The summed E-state index contributed by atoms with van der Waals surface area (Å²) >= 11 is 0. The molecule has 0 saturated heterocycles. The van der Waals surface area contributed by atoms with Crippen molar-refractivity contribution in [3.63, 3.8) is 0 Å². The van der Waals surface area contributed by atoms with Crippen LogP contribution in [0, 0.1) is 0 Å². The maximum Gasteiger partial charge on any atom is 0.276 e. The standard InChI is InChI=1S/C6H16N2O4S/c1-3-7-13(10,11)8-4-6(9)5-12-2/h6-9H,3-5H2,1-2H3. The minimum atomic E-state index is -3.46. The summed E-state index contributed by atoms with van der Waals surface area (Å²) in [6.07, 6.45) is -0.821. The zero-order chi connectivity index (χ0) is 10.3. The molecule has 7 heteroatoms. The molecule has 0 amide bonds. The Morgan fingerprint density at radius 2 is 2.08 bits per heavy atom. The minimum Gasteiger partial charge on any atom is -0.389 e. The van der Waals surface area contributed by atoms with Crippen molar-refractivity contribution in [2.24, 2.45) is 0 Å². The number of rotatable bonds is 7. The molecule has 0 saturated carbocycles. The fourth-order valence-corrected chi connectivity index (χ4v) is 1.59. The lowest BCUT2D eigenvalue weighted by molar-refractivity contribution is 0.0679. The van der Waals surface area contributed by atoms with Crippen LogP contribution in [0.2, 0.25) is 0 Å². The second-order valence-corrected chi connectivity index (χ2v) is 4.04. The van der Waals surface area contributed by atoms with Crippen molar-refractivity contribution < 1.29 is 18.3 Å². The Morgan fingerprint density at radius 1 is 1.46 bits per heavy atom. The van der Waals surface area contributed by atoms with E-state index in [1.165, 1.54) is 7.11 Å². The Morgan fingerprint density at radius 3 is 2.54 bits per heavy atom. The van der Waals surface area contributed by atoms with Gasteiger partial charge < -0.3 is 9.84 Å². The molecule has 0 spiro atoms. The summed E-state index contributed by atoms with van der Waals surface area (Å²) < 4.78 is 31.0. The highest BCUT2D eigenvalue weighted by atomic mass is 32.2. The summed E-state index contributed by atoms with van der Waals surface area (Å²) in [5.74, 6) is 0. The smallest absolute Gasteiger partial charge is 0.276 e. The average Bonchev–Trinajstić information content (AvgIpc) is 2.02. The van der Waals surface area contributed by atoms with Crippen molar-refractivity contribution >= 4 is 10.2 Å². The van der Waals surface area contributed by atoms with Gasteiger partial charge in [-0.3, -0.25) is 0 Å². The molecule has 0 heterocycles. The lowest BCUT2D eigenvalue weighted by Gasteiger charge is -2.10. The third-order valence-corrected chi connectivity index (χ3v) is 2.42. The summed E-state index contributed by atoms with van der Waals surface area (Å²) in [6, 6.07) is 0. The number of aliphatic hydroxyl groups excluding tert-OH is 1. The van der Waals surface area contributed by atoms with Gasteiger partial charge in [0.15, 0.2) is 0 Å². The van der Waals surface area contributed by atoms with Gasteiger partial charge in [0.25, 0.3) is 10.2 Å². The van der Waals surface area contributed by atoms with Crippen LogP contribution in [0.3, 0.4) is 0 Å². The lowest BCUT2D eigenvalue weighted by Crippen LogP contribution is -2.41. The first-order valence-electron chi connectivity index (χ1n) is 3.93. The Balaban J connectivity index is 3.74. The van der Waals surface area contributed by atoms with Gasteiger partial charge in [-0.05, 0) is 0 Å². The van der Waals surface area contributed by atoms with Crippen LogP contribution in [0.15, 0.2) is 0 Å². The number of ether oxygens (including phenoxy) is 1. The molecule has 0 aliphatic rings. The van der Waals surface area contributed by atoms with Crippen molar-refractivity contribution in [2.75, 3.05) is 26.8 Å². The first-order chi connectivity index (χ1) is 6.02. The summed E-state index contributed by atoms with van der Waals surface area (Å²) in [6.45, 7) is 2.04. The van der Waals surface area contributed by atoms with Gasteiger partial charge in [0.1, 0.15) is 0 Å². The molecule has 3 N–H and O–H groups in total. The van der Waals surface area contributed by atoms with Gasteiger partial charge >= 0.3 is 0 Å². The molecular weight excluding hydrogens is 196 g/mol. The number of hydrogen-bond donors (Lipinski definition) is 3. The molecular formula is C6H16N2O4S. The average molecular weight is 212 g/mol. The Bertz CT molecular complexity index is 217. The fraction of sp³-hybridized carbons (Fsp3) is 1.00. The quantitative estimate of drug-likeness (QED) is 0.476. The van der Waals surface area contributed by atoms with E-state index in [4.69, 9.17) is 5.11 Å². The van der Waals surface area contributed by atoms with Crippen LogP contribution < -0.4 is 9.44 Å². The van der Waals surface area contributed by atoms with E-state index in [1.807, 2.05) is 0 Å². The van der Waals surface area contributed by atoms with E-state index in [0.29, 0.717) is 6.54 Å². The third kappa shape index (κ3) is 6.91. The highest BCUT2D eigenvalue weighted by Crippen LogP contribution is 1.83. The predicted molar refractivity (Wildman–Crippen MR) is 48.5 cm³/mol.